The molecule has 0 aliphatic carbocycles. The van der Waals surface area contributed by atoms with E-state index in [0.717, 1.165) is 6.07 Å². The summed E-state index contributed by atoms with van der Waals surface area (Å²) in [4.78, 5) is 0. The standard InChI is InChI=1S/C7H6BrF/c1-5-6(8)3-2-4-7(5)9/h2-4H,1H3/i1D3. The summed E-state index contributed by atoms with van der Waals surface area (Å²) in [6.45, 7) is -2.40. The first kappa shape index (κ1) is 3.71. The van der Waals surface area contributed by atoms with E-state index in [1.54, 1.807) is 0 Å². The number of benzene rings is 1. The summed E-state index contributed by atoms with van der Waals surface area (Å²) in [6.07, 6.45) is 0. The Bertz CT molecular complexity index is 275. The van der Waals surface area contributed by atoms with Crippen LogP contribution in [0.4, 0.5) is 4.39 Å². The van der Waals surface area contributed by atoms with Crippen molar-refractivity contribution in [2.75, 3.05) is 0 Å². The summed E-state index contributed by atoms with van der Waals surface area (Å²) in [5, 5.41) is 0. The second-order valence-electron chi connectivity index (χ2n) is 1.60. The molecule has 2 heteroatoms. The molecule has 0 radical (unpaired) electrons. The lowest BCUT2D eigenvalue weighted by Crippen LogP contribution is -1.80. The summed E-state index contributed by atoms with van der Waals surface area (Å²) in [5.74, 6) is -0.704. The number of rotatable bonds is 0. The minimum Gasteiger partial charge on any atom is -0.207 e. The molecule has 0 amide bonds. The summed E-state index contributed by atoms with van der Waals surface area (Å²) < 4.78 is 34.3. The summed E-state index contributed by atoms with van der Waals surface area (Å²) >= 11 is 2.98. The lowest BCUT2D eigenvalue weighted by molar-refractivity contribution is 0.617. The highest BCUT2D eigenvalue weighted by atomic mass is 79.9. The zero-order valence-electron chi connectivity index (χ0n) is 7.49. The summed E-state index contributed by atoms with van der Waals surface area (Å²) in [5.41, 5.74) is -0.259. The van der Waals surface area contributed by atoms with E-state index in [1.807, 2.05) is 0 Å². The van der Waals surface area contributed by atoms with Crippen molar-refractivity contribution in [3.63, 3.8) is 0 Å². The molecule has 9 heavy (non-hydrogen) atoms. The van der Waals surface area contributed by atoms with Gasteiger partial charge in [-0.3, -0.25) is 0 Å². The number of hydrogen-bond donors (Lipinski definition) is 0. The Hall–Kier alpha value is -0.370. The molecule has 0 N–H and O–H groups in total. The second kappa shape index (κ2) is 2.48. The molecule has 0 unspecified atom stereocenters. The molecule has 0 aliphatic heterocycles. The van der Waals surface area contributed by atoms with Crippen molar-refractivity contribution in [3.8, 4) is 0 Å². The molecule has 0 atom stereocenters. The zero-order valence-corrected chi connectivity index (χ0v) is 6.07. The maximum atomic E-state index is 13.0. The van der Waals surface area contributed by atoms with Crippen molar-refractivity contribution in [1.29, 1.82) is 0 Å². The van der Waals surface area contributed by atoms with Crippen molar-refractivity contribution in [1.82, 2.24) is 0 Å². The van der Waals surface area contributed by atoms with E-state index < -0.39 is 12.7 Å². The van der Waals surface area contributed by atoms with E-state index in [4.69, 9.17) is 4.11 Å². The maximum absolute atomic E-state index is 13.0. The van der Waals surface area contributed by atoms with Gasteiger partial charge in [-0.2, -0.15) is 0 Å². The second-order valence-corrected chi connectivity index (χ2v) is 2.45. The summed E-state index contributed by atoms with van der Waals surface area (Å²) in [6, 6.07) is 4.09. The van der Waals surface area contributed by atoms with Crippen LogP contribution in [-0.2, 0) is 0 Å². The van der Waals surface area contributed by atoms with Gasteiger partial charge in [-0.05, 0) is 24.5 Å². The molecule has 0 aliphatic rings. The molecule has 0 heterocycles. The Morgan fingerprint density at radius 3 is 2.89 bits per heavy atom. The molecule has 0 nitrogen and oxygen atoms in total. The van der Waals surface area contributed by atoms with E-state index in [2.05, 4.69) is 15.9 Å². The molecule has 0 aromatic heterocycles. The van der Waals surface area contributed by atoms with E-state index in [9.17, 15) is 4.39 Å². The van der Waals surface area contributed by atoms with Gasteiger partial charge in [-0.15, -0.1) is 0 Å². The van der Waals surface area contributed by atoms with Crippen LogP contribution >= 0.6 is 15.9 Å². The molecule has 1 aromatic rings. The molecular formula is C7H6BrF. The Balaban J connectivity index is 3.31. The molecule has 0 saturated carbocycles. The van der Waals surface area contributed by atoms with E-state index in [-0.39, 0.29) is 10.0 Å². The quantitative estimate of drug-likeness (QED) is 0.592. The molecule has 0 fully saturated rings. The van der Waals surface area contributed by atoms with Gasteiger partial charge in [0.25, 0.3) is 0 Å². The largest absolute Gasteiger partial charge is 0.207 e. The Labute approximate surface area is 66.0 Å². The topological polar surface area (TPSA) is 0 Å². The van der Waals surface area contributed by atoms with Crippen LogP contribution in [0.25, 0.3) is 0 Å². The lowest BCUT2D eigenvalue weighted by atomic mass is 10.2. The molecule has 48 valence electrons. The van der Waals surface area contributed by atoms with Crippen LogP contribution in [0.15, 0.2) is 22.7 Å². The molecule has 1 aromatic carbocycles. The van der Waals surface area contributed by atoms with Crippen LogP contribution in [0, 0.1) is 12.7 Å². The maximum Gasteiger partial charge on any atom is 0.127 e. The highest BCUT2D eigenvalue weighted by Crippen LogP contribution is 2.17. The highest BCUT2D eigenvalue weighted by Gasteiger charge is 1.97. The predicted molar refractivity (Wildman–Crippen MR) is 38.8 cm³/mol. The summed E-state index contributed by atoms with van der Waals surface area (Å²) in [7, 11) is 0. The van der Waals surface area contributed by atoms with Gasteiger partial charge in [-0.1, -0.05) is 22.0 Å². The van der Waals surface area contributed by atoms with Crippen molar-refractivity contribution >= 4 is 15.9 Å². The lowest BCUT2D eigenvalue weighted by Gasteiger charge is -1.95. The SMILES string of the molecule is [2H]C([2H])([2H])c1c(F)cccc1Br. The van der Waals surface area contributed by atoms with Gasteiger partial charge >= 0.3 is 0 Å². The van der Waals surface area contributed by atoms with Crippen molar-refractivity contribution < 1.29 is 8.50 Å². The van der Waals surface area contributed by atoms with Crippen molar-refractivity contribution in [2.24, 2.45) is 0 Å². The van der Waals surface area contributed by atoms with Crippen molar-refractivity contribution in [2.45, 2.75) is 6.85 Å². The van der Waals surface area contributed by atoms with Gasteiger partial charge in [0.1, 0.15) is 5.82 Å². The Morgan fingerprint density at radius 1 is 1.67 bits per heavy atom. The minimum atomic E-state index is -2.40. The fourth-order valence-electron chi connectivity index (χ4n) is 0.498. The van der Waals surface area contributed by atoms with Crippen LogP contribution in [0.1, 0.15) is 9.68 Å². The van der Waals surface area contributed by atoms with Gasteiger partial charge in [0.15, 0.2) is 0 Å². The first-order valence-electron chi connectivity index (χ1n) is 3.87. The first-order chi connectivity index (χ1) is 5.43. The smallest absolute Gasteiger partial charge is 0.127 e. The minimum absolute atomic E-state index is 0.259. The fraction of sp³-hybridized carbons (Fsp3) is 0.143. The van der Waals surface area contributed by atoms with Gasteiger partial charge in [0.2, 0.25) is 0 Å². The molecule has 1 rings (SSSR count). The molecule has 0 saturated heterocycles. The molecule has 0 bridgehead atoms. The fourth-order valence-corrected chi connectivity index (χ4v) is 0.840. The van der Waals surface area contributed by atoms with Gasteiger partial charge in [0.05, 0.1) is 0 Å². The highest BCUT2D eigenvalue weighted by molar-refractivity contribution is 9.10. The monoisotopic (exact) mass is 191 g/mol. The number of hydrogen-bond acceptors (Lipinski definition) is 0. The normalized spacial score (nSPS) is 16.0. The van der Waals surface area contributed by atoms with Gasteiger partial charge in [0, 0.05) is 8.58 Å². The third-order valence-electron chi connectivity index (χ3n) is 0.963. The zero-order chi connectivity index (χ0) is 9.35. The van der Waals surface area contributed by atoms with Crippen LogP contribution in [0.3, 0.4) is 0 Å². The molecule has 0 spiro atoms. The van der Waals surface area contributed by atoms with Crippen molar-refractivity contribution in [3.05, 3.63) is 34.1 Å². The van der Waals surface area contributed by atoms with Crippen LogP contribution in [0.2, 0.25) is 0 Å². The Kier molecular flexibility index (Phi) is 1.02. The van der Waals surface area contributed by atoms with E-state index >= 15 is 0 Å². The van der Waals surface area contributed by atoms with Crippen LogP contribution in [-0.4, -0.2) is 0 Å². The van der Waals surface area contributed by atoms with Gasteiger partial charge < -0.3 is 0 Å². The van der Waals surface area contributed by atoms with E-state index in [0.29, 0.717) is 0 Å². The third-order valence-corrected chi connectivity index (χ3v) is 1.62. The first-order valence-corrected chi connectivity index (χ1v) is 3.16. The van der Waals surface area contributed by atoms with Crippen LogP contribution in [0.5, 0.6) is 0 Å². The predicted octanol–water partition coefficient (Wildman–Crippen LogP) is 2.90. The average molecular weight is 192 g/mol. The van der Waals surface area contributed by atoms with Gasteiger partial charge in [-0.25, -0.2) is 4.39 Å². The average Bonchev–Trinajstić information content (AvgIpc) is 1.82. The Morgan fingerprint density at radius 2 is 2.44 bits per heavy atom. The molecular weight excluding hydrogens is 183 g/mol. The third kappa shape index (κ3) is 1.30. The van der Waals surface area contributed by atoms with Crippen LogP contribution < -0.4 is 0 Å². The number of halogens is 2. The van der Waals surface area contributed by atoms with E-state index in [1.165, 1.54) is 12.1 Å².